The summed E-state index contributed by atoms with van der Waals surface area (Å²) in [6.07, 6.45) is 1.43. The van der Waals surface area contributed by atoms with E-state index >= 15 is 0 Å². The number of benzene rings is 2. The van der Waals surface area contributed by atoms with Crippen LogP contribution in [0.3, 0.4) is 0 Å². The van der Waals surface area contributed by atoms with Gasteiger partial charge in [-0.25, -0.2) is 5.43 Å². The maximum atomic E-state index is 12.2. The number of aromatic nitrogens is 2. The molecule has 0 saturated heterocycles. The lowest BCUT2D eigenvalue weighted by Gasteiger charge is -2.09. The van der Waals surface area contributed by atoms with Gasteiger partial charge in [-0.1, -0.05) is 15.9 Å². The first kappa shape index (κ1) is 23.4. The summed E-state index contributed by atoms with van der Waals surface area (Å²) in [7, 11) is 1.52. The van der Waals surface area contributed by atoms with Crippen LogP contribution in [0.15, 0.2) is 50.4 Å². The topological polar surface area (TPSA) is 132 Å². The highest BCUT2D eigenvalue weighted by Gasteiger charge is 2.24. The van der Waals surface area contributed by atoms with Crippen LogP contribution in [-0.2, 0) is 6.54 Å². The minimum atomic E-state index is -0.571. The highest BCUT2D eigenvalue weighted by molar-refractivity contribution is 9.10. The molecule has 0 radical (unpaired) electrons. The predicted molar refractivity (Wildman–Crippen MR) is 124 cm³/mol. The van der Waals surface area contributed by atoms with Crippen molar-refractivity contribution in [1.82, 2.24) is 15.2 Å². The van der Waals surface area contributed by atoms with E-state index in [1.165, 1.54) is 30.1 Å². The van der Waals surface area contributed by atoms with Gasteiger partial charge in [0.1, 0.15) is 16.0 Å². The van der Waals surface area contributed by atoms with Gasteiger partial charge in [0.25, 0.3) is 5.91 Å². The molecule has 166 valence electrons. The van der Waals surface area contributed by atoms with Crippen LogP contribution in [0.2, 0.25) is 0 Å². The zero-order chi connectivity index (χ0) is 23.4. The molecule has 1 heterocycles. The van der Waals surface area contributed by atoms with Gasteiger partial charge in [-0.3, -0.25) is 4.79 Å². The standard InChI is InChI=1S/C20H17Br2N5O5/c1-11-18(22)19(27(30)31)25-26(11)10-13-7-12(3-6-17(13)32-2)9-23-24-20(29)15-8-14(21)4-5-16(15)28/h3-9,28H,10H2,1-2H3,(H,24,29)/b23-9-. The third-order valence-electron chi connectivity index (χ3n) is 4.50. The molecule has 2 N–H and O–H groups in total. The van der Waals surface area contributed by atoms with Crippen LogP contribution in [-0.4, -0.2) is 39.0 Å². The lowest BCUT2D eigenvalue weighted by Crippen LogP contribution is -2.17. The molecule has 2 aromatic carbocycles. The van der Waals surface area contributed by atoms with E-state index in [2.05, 4.69) is 47.5 Å². The maximum absolute atomic E-state index is 12.2. The Morgan fingerprint density at radius 2 is 2.09 bits per heavy atom. The Hall–Kier alpha value is -3.25. The number of carbonyl (C=O) groups excluding carboxylic acids is 1. The summed E-state index contributed by atoms with van der Waals surface area (Å²) in [5.74, 6) is -0.433. The number of phenols is 1. The zero-order valence-corrected chi connectivity index (χ0v) is 20.0. The SMILES string of the molecule is COc1ccc(/C=N\NC(=O)c2cc(Br)ccc2O)cc1Cn1nc([N+](=O)[O-])c(Br)c1C. The number of nitro groups is 1. The van der Waals surface area contributed by atoms with Crippen LogP contribution in [0.5, 0.6) is 11.5 Å². The highest BCUT2D eigenvalue weighted by atomic mass is 79.9. The molecule has 12 heteroatoms. The summed E-state index contributed by atoms with van der Waals surface area (Å²) in [6.45, 7) is 1.94. The van der Waals surface area contributed by atoms with E-state index < -0.39 is 10.8 Å². The van der Waals surface area contributed by atoms with Gasteiger partial charge in [0, 0.05) is 10.0 Å². The lowest BCUT2D eigenvalue weighted by atomic mass is 10.1. The van der Waals surface area contributed by atoms with Crippen molar-refractivity contribution in [3.05, 3.63) is 77.8 Å². The summed E-state index contributed by atoms with van der Waals surface area (Å²) in [5.41, 5.74) is 4.40. The smallest absolute Gasteiger partial charge is 0.404 e. The van der Waals surface area contributed by atoms with Crippen molar-refractivity contribution in [2.75, 3.05) is 7.11 Å². The molecule has 1 amide bonds. The summed E-state index contributed by atoms with van der Waals surface area (Å²) in [4.78, 5) is 22.8. The van der Waals surface area contributed by atoms with Crippen molar-refractivity contribution in [1.29, 1.82) is 0 Å². The molecule has 3 aromatic rings. The molecule has 1 aromatic heterocycles. The number of hydrazone groups is 1. The molecule has 0 bridgehead atoms. The van der Waals surface area contributed by atoms with E-state index in [1.54, 1.807) is 31.2 Å². The van der Waals surface area contributed by atoms with Gasteiger partial charge >= 0.3 is 5.82 Å². The first-order chi connectivity index (χ1) is 15.2. The quantitative estimate of drug-likeness (QED) is 0.251. The molecule has 0 aliphatic rings. The molecule has 0 atom stereocenters. The Morgan fingerprint density at radius 3 is 2.75 bits per heavy atom. The van der Waals surface area contributed by atoms with Crippen LogP contribution >= 0.6 is 31.9 Å². The first-order valence-electron chi connectivity index (χ1n) is 9.07. The van der Waals surface area contributed by atoms with Crippen molar-refractivity contribution >= 4 is 49.8 Å². The van der Waals surface area contributed by atoms with Gasteiger partial charge in [-0.05, 0) is 69.7 Å². The zero-order valence-electron chi connectivity index (χ0n) is 16.9. The number of rotatable bonds is 7. The maximum Gasteiger partial charge on any atom is 0.404 e. The minimum absolute atomic E-state index is 0.0771. The number of methoxy groups -OCH3 is 1. The number of nitrogens with zero attached hydrogens (tertiary/aromatic N) is 4. The largest absolute Gasteiger partial charge is 0.507 e. The first-order valence-corrected chi connectivity index (χ1v) is 10.7. The van der Waals surface area contributed by atoms with E-state index in [0.717, 1.165) is 0 Å². The van der Waals surface area contributed by atoms with E-state index in [4.69, 9.17) is 4.74 Å². The van der Waals surface area contributed by atoms with E-state index in [0.29, 0.717) is 31.5 Å². The average Bonchev–Trinajstić information content (AvgIpc) is 3.04. The van der Waals surface area contributed by atoms with Crippen molar-refractivity contribution < 1.29 is 19.6 Å². The van der Waals surface area contributed by atoms with Crippen LogP contribution in [0, 0.1) is 17.0 Å². The van der Waals surface area contributed by atoms with E-state index in [9.17, 15) is 20.0 Å². The number of halogens is 2. The Morgan fingerprint density at radius 1 is 1.34 bits per heavy atom. The van der Waals surface area contributed by atoms with E-state index in [-0.39, 0.29) is 23.7 Å². The number of aromatic hydroxyl groups is 1. The number of hydrogen-bond acceptors (Lipinski definition) is 7. The lowest BCUT2D eigenvalue weighted by molar-refractivity contribution is -0.390. The van der Waals surface area contributed by atoms with Gasteiger partial charge in [-0.2, -0.15) is 9.78 Å². The molecule has 10 nitrogen and oxygen atoms in total. The second kappa shape index (κ2) is 9.92. The van der Waals surface area contributed by atoms with Crippen molar-refractivity contribution in [2.45, 2.75) is 13.5 Å². The number of phenolic OH excluding ortho intramolecular Hbond substituents is 1. The van der Waals surface area contributed by atoms with Crippen molar-refractivity contribution in [3.8, 4) is 11.5 Å². The molecule has 0 fully saturated rings. The van der Waals surface area contributed by atoms with Crippen LogP contribution in [0.25, 0.3) is 0 Å². The second-order valence-electron chi connectivity index (χ2n) is 6.57. The highest BCUT2D eigenvalue weighted by Crippen LogP contribution is 2.29. The van der Waals surface area contributed by atoms with Crippen molar-refractivity contribution in [3.63, 3.8) is 0 Å². The Kier molecular flexibility index (Phi) is 7.26. The van der Waals surface area contributed by atoms with Gasteiger partial charge in [0.2, 0.25) is 0 Å². The van der Waals surface area contributed by atoms with Crippen molar-refractivity contribution in [2.24, 2.45) is 5.10 Å². The number of carbonyl (C=O) groups is 1. The fourth-order valence-electron chi connectivity index (χ4n) is 2.86. The Bertz CT molecular complexity index is 1230. The third-order valence-corrected chi connectivity index (χ3v) is 5.92. The Balaban J connectivity index is 1.80. The summed E-state index contributed by atoms with van der Waals surface area (Å²) in [5, 5.41) is 29.0. The van der Waals surface area contributed by atoms with Gasteiger partial charge in [0.05, 0.1) is 36.2 Å². The number of nitrogens with one attached hydrogen (secondary N) is 1. The fraction of sp³-hybridized carbons (Fsp3) is 0.150. The monoisotopic (exact) mass is 565 g/mol. The van der Waals surface area contributed by atoms with Crippen LogP contribution in [0.1, 0.15) is 27.2 Å². The second-order valence-corrected chi connectivity index (χ2v) is 8.28. The molecule has 0 spiro atoms. The van der Waals surface area contributed by atoms with E-state index in [1.807, 2.05) is 0 Å². The molecular formula is C20H17Br2N5O5. The molecule has 32 heavy (non-hydrogen) atoms. The summed E-state index contributed by atoms with van der Waals surface area (Å²) >= 11 is 6.45. The molecule has 0 unspecified atom stereocenters. The molecular weight excluding hydrogens is 550 g/mol. The number of ether oxygens (including phenoxy) is 1. The Labute approximate surface area is 199 Å². The predicted octanol–water partition coefficient (Wildman–Crippen LogP) is 4.15. The summed E-state index contributed by atoms with van der Waals surface area (Å²) in [6, 6.07) is 9.73. The molecule has 0 aliphatic carbocycles. The normalized spacial score (nSPS) is 11.0. The molecule has 0 aliphatic heterocycles. The van der Waals surface area contributed by atoms with Crippen LogP contribution in [0.4, 0.5) is 5.82 Å². The molecule has 3 rings (SSSR count). The number of amides is 1. The minimum Gasteiger partial charge on any atom is -0.507 e. The number of hydrogen-bond donors (Lipinski definition) is 2. The van der Waals surface area contributed by atoms with Gasteiger partial charge in [0.15, 0.2) is 0 Å². The molecule has 0 saturated carbocycles. The fourth-order valence-corrected chi connectivity index (χ4v) is 3.65. The van der Waals surface area contributed by atoms with Crippen LogP contribution < -0.4 is 10.2 Å². The van der Waals surface area contributed by atoms with Gasteiger partial charge < -0.3 is 20.0 Å². The van der Waals surface area contributed by atoms with Gasteiger partial charge in [-0.15, -0.1) is 0 Å². The summed E-state index contributed by atoms with van der Waals surface area (Å²) < 4.78 is 7.85. The average molecular weight is 567 g/mol. The third kappa shape index (κ3) is 5.14.